The molecule has 0 aliphatic carbocycles. The third-order valence-electron chi connectivity index (χ3n) is 4.32. The second-order valence-corrected chi connectivity index (χ2v) is 6.00. The van der Waals surface area contributed by atoms with Gasteiger partial charge >= 0.3 is 0 Å². The molecule has 136 valence electrons. The maximum atomic E-state index is 13.6. The SMILES string of the molecule is O=C(CCc1cc(F)ccc1F)N1CCN(C(=O)c2cnccn2)CC1. The zero-order chi connectivity index (χ0) is 18.5. The molecule has 0 spiro atoms. The van der Waals surface area contributed by atoms with Crippen molar-refractivity contribution in [2.45, 2.75) is 12.8 Å². The van der Waals surface area contributed by atoms with Crippen molar-refractivity contribution in [3.05, 3.63) is 59.7 Å². The van der Waals surface area contributed by atoms with Crippen LogP contribution in [0.1, 0.15) is 22.5 Å². The lowest BCUT2D eigenvalue weighted by atomic mass is 10.1. The fourth-order valence-corrected chi connectivity index (χ4v) is 2.87. The maximum Gasteiger partial charge on any atom is 0.274 e. The van der Waals surface area contributed by atoms with E-state index < -0.39 is 11.6 Å². The van der Waals surface area contributed by atoms with Gasteiger partial charge in [0.25, 0.3) is 5.91 Å². The molecule has 1 aliphatic rings. The summed E-state index contributed by atoms with van der Waals surface area (Å²) in [7, 11) is 0. The van der Waals surface area contributed by atoms with Crippen LogP contribution in [-0.4, -0.2) is 57.8 Å². The fourth-order valence-electron chi connectivity index (χ4n) is 2.87. The Morgan fingerprint density at radius 2 is 1.77 bits per heavy atom. The molecule has 1 aliphatic heterocycles. The van der Waals surface area contributed by atoms with Crippen molar-refractivity contribution in [2.24, 2.45) is 0 Å². The van der Waals surface area contributed by atoms with Crippen molar-refractivity contribution in [2.75, 3.05) is 26.2 Å². The Labute approximate surface area is 149 Å². The number of carbonyl (C=O) groups excluding carboxylic acids is 2. The Balaban J connectivity index is 1.50. The predicted molar refractivity (Wildman–Crippen MR) is 89.2 cm³/mol. The van der Waals surface area contributed by atoms with Crippen molar-refractivity contribution >= 4 is 11.8 Å². The molecule has 1 fully saturated rings. The number of hydrogen-bond donors (Lipinski definition) is 0. The molecule has 2 amide bonds. The number of nitrogens with zero attached hydrogens (tertiary/aromatic N) is 4. The van der Waals surface area contributed by atoms with Gasteiger partial charge in [-0.25, -0.2) is 13.8 Å². The quantitative estimate of drug-likeness (QED) is 0.832. The molecule has 0 N–H and O–H groups in total. The minimum atomic E-state index is -0.523. The number of hydrogen-bond acceptors (Lipinski definition) is 4. The molecule has 0 unspecified atom stereocenters. The molecule has 26 heavy (non-hydrogen) atoms. The van der Waals surface area contributed by atoms with Crippen LogP contribution in [0.5, 0.6) is 0 Å². The highest BCUT2D eigenvalue weighted by Crippen LogP contribution is 2.14. The highest BCUT2D eigenvalue weighted by atomic mass is 19.1. The maximum absolute atomic E-state index is 13.6. The zero-order valence-electron chi connectivity index (χ0n) is 14.1. The van der Waals surface area contributed by atoms with Gasteiger partial charge in [-0.3, -0.25) is 14.6 Å². The van der Waals surface area contributed by atoms with Gasteiger partial charge in [0.15, 0.2) is 0 Å². The first kappa shape index (κ1) is 17.9. The van der Waals surface area contributed by atoms with Crippen LogP contribution in [0.4, 0.5) is 8.78 Å². The van der Waals surface area contributed by atoms with Crippen molar-refractivity contribution in [1.82, 2.24) is 19.8 Å². The summed E-state index contributed by atoms with van der Waals surface area (Å²) >= 11 is 0. The van der Waals surface area contributed by atoms with E-state index in [-0.39, 0.29) is 35.9 Å². The molecular formula is C18H18F2N4O2. The Morgan fingerprint density at radius 3 is 2.46 bits per heavy atom. The topological polar surface area (TPSA) is 66.4 Å². The van der Waals surface area contributed by atoms with Gasteiger partial charge < -0.3 is 9.80 Å². The monoisotopic (exact) mass is 360 g/mol. The van der Waals surface area contributed by atoms with Gasteiger partial charge in [0.05, 0.1) is 6.20 Å². The first-order valence-corrected chi connectivity index (χ1v) is 8.31. The predicted octanol–water partition coefficient (Wildman–Crippen LogP) is 1.67. The summed E-state index contributed by atoms with van der Waals surface area (Å²) in [6, 6.07) is 3.22. The minimum Gasteiger partial charge on any atom is -0.339 e. The van der Waals surface area contributed by atoms with E-state index in [0.29, 0.717) is 26.2 Å². The number of carbonyl (C=O) groups is 2. The highest BCUT2D eigenvalue weighted by molar-refractivity contribution is 5.92. The van der Waals surface area contributed by atoms with E-state index >= 15 is 0 Å². The smallest absolute Gasteiger partial charge is 0.274 e. The number of halogens is 2. The lowest BCUT2D eigenvalue weighted by Gasteiger charge is -2.34. The molecule has 2 heterocycles. The van der Waals surface area contributed by atoms with Crippen LogP contribution in [0.15, 0.2) is 36.8 Å². The number of amides is 2. The average Bonchev–Trinajstić information content (AvgIpc) is 2.68. The molecule has 2 aromatic rings. The lowest BCUT2D eigenvalue weighted by Crippen LogP contribution is -2.50. The van der Waals surface area contributed by atoms with Crippen LogP contribution >= 0.6 is 0 Å². The summed E-state index contributed by atoms with van der Waals surface area (Å²) in [4.78, 5) is 35.7. The molecule has 0 bridgehead atoms. The number of benzene rings is 1. The van der Waals surface area contributed by atoms with Crippen LogP contribution in [-0.2, 0) is 11.2 Å². The van der Waals surface area contributed by atoms with Gasteiger partial charge in [-0.05, 0) is 30.2 Å². The molecule has 0 radical (unpaired) electrons. The number of aromatic nitrogens is 2. The van der Waals surface area contributed by atoms with Gasteiger partial charge in [-0.1, -0.05) is 0 Å². The van der Waals surface area contributed by atoms with Crippen molar-refractivity contribution in [1.29, 1.82) is 0 Å². The third kappa shape index (κ3) is 4.19. The zero-order valence-corrected chi connectivity index (χ0v) is 14.1. The normalized spacial score (nSPS) is 14.4. The number of piperazine rings is 1. The molecule has 3 rings (SSSR count). The summed E-state index contributed by atoms with van der Waals surface area (Å²) in [5.74, 6) is -1.39. The Morgan fingerprint density at radius 1 is 1.04 bits per heavy atom. The molecule has 8 heteroatoms. The van der Waals surface area contributed by atoms with Crippen molar-refractivity contribution < 1.29 is 18.4 Å². The van der Waals surface area contributed by atoms with Crippen LogP contribution in [0.25, 0.3) is 0 Å². The lowest BCUT2D eigenvalue weighted by molar-refractivity contribution is -0.132. The first-order valence-electron chi connectivity index (χ1n) is 8.31. The molecule has 0 saturated carbocycles. The molecule has 1 aromatic heterocycles. The summed E-state index contributed by atoms with van der Waals surface area (Å²) in [5, 5.41) is 0. The fraction of sp³-hybridized carbons (Fsp3) is 0.333. The van der Waals surface area contributed by atoms with E-state index in [2.05, 4.69) is 9.97 Å². The molecule has 1 saturated heterocycles. The number of rotatable bonds is 4. The van der Waals surface area contributed by atoms with Crippen molar-refractivity contribution in [3.8, 4) is 0 Å². The van der Waals surface area contributed by atoms with E-state index in [1.165, 1.54) is 18.6 Å². The number of aryl methyl sites for hydroxylation is 1. The molecule has 0 atom stereocenters. The summed E-state index contributed by atoms with van der Waals surface area (Å²) in [5.41, 5.74) is 0.462. The minimum absolute atomic E-state index is 0.0957. The van der Waals surface area contributed by atoms with E-state index in [1.54, 1.807) is 9.80 Å². The third-order valence-corrected chi connectivity index (χ3v) is 4.32. The Kier molecular flexibility index (Phi) is 5.50. The van der Waals surface area contributed by atoms with Crippen molar-refractivity contribution in [3.63, 3.8) is 0 Å². The summed E-state index contributed by atoms with van der Waals surface area (Å²) in [6.45, 7) is 1.60. The van der Waals surface area contributed by atoms with E-state index in [4.69, 9.17) is 0 Å². The Hall–Kier alpha value is -2.90. The van der Waals surface area contributed by atoms with E-state index in [9.17, 15) is 18.4 Å². The van der Waals surface area contributed by atoms with Crippen LogP contribution in [0.3, 0.4) is 0 Å². The van der Waals surface area contributed by atoms with Crippen LogP contribution < -0.4 is 0 Å². The first-order chi connectivity index (χ1) is 12.5. The second-order valence-electron chi connectivity index (χ2n) is 6.00. The van der Waals surface area contributed by atoms with Gasteiger partial charge in [-0.15, -0.1) is 0 Å². The molecular weight excluding hydrogens is 342 g/mol. The summed E-state index contributed by atoms with van der Waals surface area (Å²) < 4.78 is 26.8. The van der Waals surface area contributed by atoms with Crippen LogP contribution in [0, 0.1) is 11.6 Å². The molecule has 1 aromatic carbocycles. The Bertz CT molecular complexity index is 793. The van der Waals surface area contributed by atoms with Crippen LogP contribution in [0.2, 0.25) is 0 Å². The van der Waals surface area contributed by atoms with E-state index in [0.717, 1.165) is 18.2 Å². The molecule has 6 nitrogen and oxygen atoms in total. The highest BCUT2D eigenvalue weighted by Gasteiger charge is 2.25. The van der Waals surface area contributed by atoms with Gasteiger partial charge in [0, 0.05) is 45.0 Å². The summed E-state index contributed by atoms with van der Waals surface area (Å²) in [6.07, 6.45) is 4.60. The average molecular weight is 360 g/mol. The van der Waals surface area contributed by atoms with Gasteiger partial charge in [0.2, 0.25) is 5.91 Å². The second kappa shape index (κ2) is 7.99. The van der Waals surface area contributed by atoms with Gasteiger partial charge in [0.1, 0.15) is 17.3 Å². The van der Waals surface area contributed by atoms with E-state index in [1.807, 2.05) is 0 Å². The van der Waals surface area contributed by atoms with Gasteiger partial charge in [-0.2, -0.15) is 0 Å². The standard InChI is InChI=1S/C18H18F2N4O2/c19-14-2-3-15(20)13(11-14)1-4-17(25)23-7-9-24(10-8-23)18(26)16-12-21-5-6-22-16/h2-3,5-6,11-12H,1,4,7-10H2. The largest absolute Gasteiger partial charge is 0.339 e.